The molecular formula is C21H18ClN3O2. The number of carboxylic acids is 1. The standard InChI is InChI=1S/C21H17N3O2.ClH/c1-24-19-11-15(23)7-9-17(19)16-8-6-14(22)10-18(16)20(24)12-2-4-13(5-3-12)21(25)26;/h2-11,23H,22H2,1H3,(H,25,26);1H. The van der Waals surface area contributed by atoms with Gasteiger partial charge in [0.05, 0.1) is 16.3 Å². The number of rotatable bonds is 2. The maximum Gasteiger partial charge on any atom is 0.335 e. The molecule has 5 N–H and O–H groups in total. The highest BCUT2D eigenvalue weighted by Gasteiger charge is 2.21. The van der Waals surface area contributed by atoms with Crippen molar-refractivity contribution >= 4 is 39.0 Å². The Morgan fingerprint density at radius 3 is 2.07 bits per heavy atom. The third-order valence-electron chi connectivity index (χ3n) is 4.71. The Balaban J connectivity index is 0.00000210. The lowest BCUT2D eigenvalue weighted by Crippen LogP contribution is -3.00. The summed E-state index contributed by atoms with van der Waals surface area (Å²) in [5.74, 6) is -0.943. The third-order valence-corrected chi connectivity index (χ3v) is 4.71. The number of halogens is 1. The molecule has 0 saturated heterocycles. The molecule has 4 aromatic rings. The van der Waals surface area contributed by atoms with Crippen LogP contribution in [-0.2, 0) is 7.05 Å². The first-order valence-corrected chi connectivity index (χ1v) is 8.20. The molecule has 4 rings (SSSR count). The lowest BCUT2D eigenvalue weighted by molar-refractivity contribution is -0.632. The normalized spacial score (nSPS) is 10.7. The quantitative estimate of drug-likeness (QED) is 0.266. The molecule has 1 aromatic heterocycles. The molecule has 136 valence electrons. The summed E-state index contributed by atoms with van der Waals surface area (Å²) in [7, 11) is 1.98. The molecule has 0 bridgehead atoms. The van der Waals surface area contributed by atoms with Crippen molar-refractivity contribution in [1.29, 1.82) is 0 Å². The average Bonchev–Trinajstić information content (AvgIpc) is 2.62. The molecule has 3 aromatic carbocycles. The number of aromatic carboxylic acids is 1. The van der Waals surface area contributed by atoms with Crippen LogP contribution in [0.25, 0.3) is 32.9 Å². The van der Waals surface area contributed by atoms with E-state index in [0.717, 1.165) is 32.9 Å². The van der Waals surface area contributed by atoms with Gasteiger partial charge in [0.25, 0.3) is 0 Å². The fraction of sp³-hybridized carbons (Fsp3) is 0.0476. The number of nitrogens with two attached hydrogens (primary N) is 2. The second kappa shape index (κ2) is 6.78. The van der Waals surface area contributed by atoms with Crippen molar-refractivity contribution in [2.24, 2.45) is 7.05 Å². The number of pyridine rings is 1. The maximum absolute atomic E-state index is 11.1. The number of hydrogen-bond donors (Lipinski definition) is 3. The number of nitrogens with zero attached hydrogens (tertiary/aromatic N) is 1. The minimum Gasteiger partial charge on any atom is -1.00 e. The second-order valence-corrected chi connectivity index (χ2v) is 6.37. The van der Waals surface area contributed by atoms with Crippen LogP contribution in [0.3, 0.4) is 0 Å². The number of aromatic nitrogens is 1. The van der Waals surface area contributed by atoms with Crippen molar-refractivity contribution in [1.82, 2.24) is 0 Å². The molecule has 5 nitrogen and oxygen atoms in total. The first-order valence-electron chi connectivity index (χ1n) is 8.20. The van der Waals surface area contributed by atoms with E-state index in [4.69, 9.17) is 16.6 Å². The summed E-state index contributed by atoms with van der Waals surface area (Å²) < 4.78 is 2.07. The molecule has 0 saturated carbocycles. The van der Waals surface area contributed by atoms with Crippen molar-refractivity contribution < 1.29 is 26.9 Å². The van der Waals surface area contributed by atoms with Crippen LogP contribution in [0, 0.1) is 0 Å². The van der Waals surface area contributed by atoms with E-state index in [1.165, 1.54) is 0 Å². The van der Waals surface area contributed by atoms with Crippen LogP contribution >= 0.6 is 0 Å². The topological polar surface area (TPSA) is 93.2 Å². The lowest BCUT2D eigenvalue weighted by Gasteiger charge is -2.11. The summed E-state index contributed by atoms with van der Waals surface area (Å²) in [6.07, 6.45) is 0. The monoisotopic (exact) mass is 379 g/mol. The van der Waals surface area contributed by atoms with Gasteiger partial charge in [-0.3, -0.25) is 0 Å². The molecule has 6 heteroatoms. The van der Waals surface area contributed by atoms with E-state index in [-0.39, 0.29) is 18.0 Å². The number of fused-ring (bicyclic) bond motifs is 3. The number of carbonyl (C=O) groups is 1. The average molecular weight is 380 g/mol. The van der Waals surface area contributed by atoms with Gasteiger partial charge in [0.2, 0.25) is 11.2 Å². The molecule has 0 atom stereocenters. The number of hydrogen-bond acceptors (Lipinski definition) is 3. The predicted molar refractivity (Wildman–Crippen MR) is 104 cm³/mol. The van der Waals surface area contributed by atoms with Crippen LogP contribution in [0.5, 0.6) is 0 Å². The molecule has 0 radical (unpaired) electrons. The predicted octanol–water partition coefficient (Wildman–Crippen LogP) is 0.351. The van der Waals surface area contributed by atoms with E-state index < -0.39 is 5.97 Å². The van der Waals surface area contributed by atoms with E-state index >= 15 is 0 Å². The van der Waals surface area contributed by atoms with E-state index in [9.17, 15) is 4.79 Å². The van der Waals surface area contributed by atoms with Crippen LogP contribution in [-0.4, -0.2) is 11.1 Å². The number of aryl methyl sites for hydroxylation is 1. The molecule has 27 heavy (non-hydrogen) atoms. The highest BCUT2D eigenvalue weighted by Crippen LogP contribution is 2.33. The Morgan fingerprint density at radius 2 is 1.44 bits per heavy atom. The number of anilines is 2. The zero-order chi connectivity index (χ0) is 18.4. The fourth-order valence-corrected chi connectivity index (χ4v) is 3.47. The van der Waals surface area contributed by atoms with Gasteiger partial charge in [0.15, 0.2) is 0 Å². The van der Waals surface area contributed by atoms with Crippen molar-refractivity contribution in [3.8, 4) is 11.3 Å². The highest BCUT2D eigenvalue weighted by molar-refractivity contribution is 6.10. The van der Waals surface area contributed by atoms with Crippen LogP contribution in [0.4, 0.5) is 11.4 Å². The third kappa shape index (κ3) is 3.02. The van der Waals surface area contributed by atoms with Gasteiger partial charge in [-0.2, -0.15) is 4.57 Å². The first-order chi connectivity index (χ1) is 12.5. The Hall–Kier alpha value is -3.31. The Bertz CT molecular complexity index is 1190. The summed E-state index contributed by atoms with van der Waals surface area (Å²) in [5.41, 5.74) is 16.5. The summed E-state index contributed by atoms with van der Waals surface area (Å²) in [4.78, 5) is 11.1. The van der Waals surface area contributed by atoms with Crippen molar-refractivity contribution in [3.05, 3.63) is 66.2 Å². The fourth-order valence-electron chi connectivity index (χ4n) is 3.47. The van der Waals surface area contributed by atoms with Gasteiger partial charge in [-0.15, -0.1) is 0 Å². The Labute approximate surface area is 162 Å². The molecule has 0 fully saturated rings. The van der Waals surface area contributed by atoms with Gasteiger partial charge in [0.1, 0.15) is 7.05 Å². The van der Waals surface area contributed by atoms with Crippen molar-refractivity contribution in [2.75, 3.05) is 11.5 Å². The Morgan fingerprint density at radius 1 is 0.852 bits per heavy atom. The molecule has 0 amide bonds. The molecular weight excluding hydrogens is 362 g/mol. The van der Waals surface area contributed by atoms with Gasteiger partial charge in [0, 0.05) is 28.4 Å². The molecule has 0 aliphatic heterocycles. The largest absolute Gasteiger partial charge is 1.00 e. The van der Waals surface area contributed by atoms with E-state index in [1.54, 1.807) is 12.1 Å². The lowest BCUT2D eigenvalue weighted by atomic mass is 9.98. The summed E-state index contributed by atoms with van der Waals surface area (Å²) in [6.45, 7) is 0. The minimum atomic E-state index is -0.943. The summed E-state index contributed by atoms with van der Waals surface area (Å²) in [5, 5.41) is 12.3. The Kier molecular flexibility index (Phi) is 4.64. The van der Waals surface area contributed by atoms with Crippen LogP contribution < -0.4 is 28.4 Å². The summed E-state index contributed by atoms with van der Waals surface area (Å²) >= 11 is 0. The van der Waals surface area contributed by atoms with E-state index in [0.29, 0.717) is 11.4 Å². The van der Waals surface area contributed by atoms with E-state index in [1.807, 2.05) is 55.6 Å². The first kappa shape index (κ1) is 18.5. The highest BCUT2D eigenvalue weighted by atomic mass is 35.5. The second-order valence-electron chi connectivity index (χ2n) is 6.37. The van der Waals surface area contributed by atoms with Crippen LogP contribution in [0.2, 0.25) is 0 Å². The smallest absolute Gasteiger partial charge is 0.335 e. The molecule has 0 aliphatic carbocycles. The zero-order valence-corrected chi connectivity index (χ0v) is 15.4. The number of benzene rings is 3. The van der Waals surface area contributed by atoms with Gasteiger partial charge < -0.3 is 29.0 Å². The minimum absolute atomic E-state index is 0. The molecule has 0 unspecified atom stereocenters. The van der Waals surface area contributed by atoms with Gasteiger partial charge in [-0.1, -0.05) is 6.07 Å². The van der Waals surface area contributed by atoms with Gasteiger partial charge >= 0.3 is 5.97 Å². The SMILES string of the molecule is C[n+]1c(-c2ccc(C(=O)O)cc2)c2cc(N)ccc2c2ccc(N)cc21.[Cl-]. The maximum atomic E-state index is 11.1. The van der Waals surface area contributed by atoms with Crippen molar-refractivity contribution in [3.63, 3.8) is 0 Å². The number of carboxylic acid groups (broad SMARTS) is 1. The number of nitrogen functional groups attached to an aromatic ring is 2. The molecule has 0 aliphatic rings. The van der Waals surface area contributed by atoms with Crippen LogP contribution in [0.15, 0.2) is 60.7 Å². The van der Waals surface area contributed by atoms with Crippen molar-refractivity contribution in [2.45, 2.75) is 0 Å². The molecule has 1 heterocycles. The van der Waals surface area contributed by atoms with Crippen LogP contribution in [0.1, 0.15) is 10.4 Å². The zero-order valence-electron chi connectivity index (χ0n) is 14.6. The van der Waals surface area contributed by atoms with Gasteiger partial charge in [-0.25, -0.2) is 4.79 Å². The van der Waals surface area contributed by atoms with Gasteiger partial charge in [-0.05, 0) is 48.5 Å². The molecule has 0 spiro atoms. The summed E-state index contributed by atoms with van der Waals surface area (Å²) in [6, 6.07) is 18.6. The van der Waals surface area contributed by atoms with E-state index in [2.05, 4.69) is 4.57 Å².